The number of aromatic carboxylic acids is 1. The second kappa shape index (κ2) is 6.61. The third-order valence-corrected chi connectivity index (χ3v) is 3.67. The molecule has 0 saturated carbocycles. The van der Waals surface area contributed by atoms with Gasteiger partial charge in [-0.3, -0.25) is 0 Å². The molecule has 2 amide bonds. The summed E-state index contributed by atoms with van der Waals surface area (Å²) >= 11 is 5.78. The van der Waals surface area contributed by atoms with Crippen molar-refractivity contribution in [3.8, 4) is 0 Å². The van der Waals surface area contributed by atoms with Crippen molar-refractivity contribution in [2.75, 3.05) is 12.4 Å². The van der Waals surface area contributed by atoms with Gasteiger partial charge in [0, 0.05) is 18.8 Å². The van der Waals surface area contributed by atoms with Crippen molar-refractivity contribution >= 4 is 29.3 Å². The minimum atomic E-state index is -1.13. The van der Waals surface area contributed by atoms with Gasteiger partial charge in [0.2, 0.25) is 0 Å². The number of halogens is 1. The molecule has 0 aliphatic carbocycles. The van der Waals surface area contributed by atoms with Crippen LogP contribution in [0.3, 0.4) is 0 Å². The first-order chi connectivity index (χ1) is 9.23. The van der Waals surface area contributed by atoms with Crippen LogP contribution in [0.25, 0.3) is 0 Å². The number of anilines is 1. The molecule has 1 atom stereocenters. The van der Waals surface area contributed by atoms with Crippen molar-refractivity contribution in [3.05, 3.63) is 28.8 Å². The fourth-order valence-electron chi connectivity index (χ4n) is 1.61. The zero-order valence-electron chi connectivity index (χ0n) is 12.0. The number of hydrogen-bond acceptors (Lipinski definition) is 2. The number of carbonyl (C=O) groups excluding carboxylic acids is 1. The summed E-state index contributed by atoms with van der Waals surface area (Å²) in [7, 11) is 1.70. The highest BCUT2D eigenvalue weighted by molar-refractivity contribution is 6.33. The molecule has 0 aromatic heterocycles. The van der Waals surface area contributed by atoms with E-state index in [0.29, 0.717) is 11.6 Å². The minimum Gasteiger partial charge on any atom is -0.478 e. The summed E-state index contributed by atoms with van der Waals surface area (Å²) in [6.45, 7) is 6.01. The summed E-state index contributed by atoms with van der Waals surface area (Å²) in [5.74, 6) is -0.805. The molecule has 0 aliphatic rings. The summed E-state index contributed by atoms with van der Waals surface area (Å²) in [4.78, 5) is 24.6. The summed E-state index contributed by atoms with van der Waals surface area (Å²) in [6.07, 6.45) is 0. The van der Waals surface area contributed by atoms with E-state index in [9.17, 15) is 9.59 Å². The van der Waals surface area contributed by atoms with Gasteiger partial charge in [-0.15, -0.1) is 0 Å². The molecule has 1 aromatic rings. The maximum absolute atomic E-state index is 12.1. The lowest BCUT2D eigenvalue weighted by molar-refractivity contribution is 0.0697. The molecule has 2 N–H and O–H groups in total. The summed E-state index contributed by atoms with van der Waals surface area (Å²) in [5.41, 5.74) is 0.364. The van der Waals surface area contributed by atoms with E-state index in [1.54, 1.807) is 18.0 Å². The van der Waals surface area contributed by atoms with E-state index in [4.69, 9.17) is 16.7 Å². The van der Waals surface area contributed by atoms with E-state index < -0.39 is 5.97 Å². The van der Waals surface area contributed by atoms with Crippen LogP contribution in [0, 0.1) is 5.92 Å². The molecule has 0 fully saturated rings. The number of carboxylic acids is 1. The van der Waals surface area contributed by atoms with E-state index in [0.717, 1.165) is 0 Å². The first kappa shape index (κ1) is 16.3. The molecule has 0 bridgehead atoms. The van der Waals surface area contributed by atoms with Crippen LogP contribution in [0.1, 0.15) is 31.1 Å². The number of carboxylic acid groups (broad SMARTS) is 1. The molecule has 6 heteroatoms. The highest BCUT2D eigenvalue weighted by Gasteiger charge is 2.19. The highest BCUT2D eigenvalue weighted by Crippen LogP contribution is 2.21. The standard InChI is InChI=1S/C14H19ClN2O3/c1-8(2)9(3)17(4)14(20)16-10-5-6-12(15)11(7-10)13(18)19/h5-9H,1-4H3,(H,16,20)(H,18,19). The SMILES string of the molecule is CC(C)C(C)N(C)C(=O)Nc1ccc(Cl)c(C(=O)O)c1. The van der Waals surface area contributed by atoms with Crippen LogP contribution >= 0.6 is 11.6 Å². The Hall–Kier alpha value is -1.75. The Kier molecular flexibility index (Phi) is 5.39. The van der Waals surface area contributed by atoms with Crippen molar-refractivity contribution in [2.24, 2.45) is 5.92 Å². The van der Waals surface area contributed by atoms with Crippen molar-refractivity contribution in [2.45, 2.75) is 26.8 Å². The largest absolute Gasteiger partial charge is 0.478 e. The Morgan fingerprint density at radius 1 is 1.30 bits per heavy atom. The van der Waals surface area contributed by atoms with Gasteiger partial charge in [-0.1, -0.05) is 25.4 Å². The van der Waals surface area contributed by atoms with E-state index in [1.165, 1.54) is 12.1 Å². The van der Waals surface area contributed by atoms with Crippen molar-refractivity contribution in [3.63, 3.8) is 0 Å². The molecule has 110 valence electrons. The van der Waals surface area contributed by atoms with Crippen LogP contribution in [-0.2, 0) is 0 Å². The molecule has 0 spiro atoms. The zero-order chi connectivity index (χ0) is 15.4. The van der Waals surface area contributed by atoms with Gasteiger partial charge in [0.15, 0.2) is 0 Å². The Morgan fingerprint density at radius 2 is 1.90 bits per heavy atom. The Bertz CT molecular complexity index is 517. The lowest BCUT2D eigenvalue weighted by Crippen LogP contribution is -2.40. The van der Waals surface area contributed by atoms with Gasteiger partial charge >= 0.3 is 12.0 Å². The van der Waals surface area contributed by atoms with E-state index in [2.05, 4.69) is 5.32 Å². The normalized spacial score (nSPS) is 12.1. The number of hydrogen-bond donors (Lipinski definition) is 2. The first-order valence-corrected chi connectivity index (χ1v) is 6.68. The minimum absolute atomic E-state index is 0.0379. The molecule has 20 heavy (non-hydrogen) atoms. The number of carbonyl (C=O) groups is 2. The third kappa shape index (κ3) is 3.87. The van der Waals surface area contributed by atoms with Crippen LogP contribution < -0.4 is 5.32 Å². The smallest absolute Gasteiger partial charge is 0.337 e. The average Bonchev–Trinajstić information content (AvgIpc) is 2.38. The number of nitrogens with zero attached hydrogens (tertiary/aromatic N) is 1. The number of nitrogens with one attached hydrogen (secondary N) is 1. The second-order valence-corrected chi connectivity index (χ2v) is 5.43. The van der Waals surface area contributed by atoms with Gasteiger partial charge in [0.1, 0.15) is 0 Å². The van der Waals surface area contributed by atoms with Crippen LogP contribution in [-0.4, -0.2) is 35.1 Å². The summed E-state index contributed by atoms with van der Waals surface area (Å²) in [5, 5.41) is 11.8. The molecular weight excluding hydrogens is 280 g/mol. The fourth-order valence-corrected chi connectivity index (χ4v) is 1.81. The molecule has 1 rings (SSSR count). The van der Waals surface area contributed by atoms with E-state index in [-0.39, 0.29) is 22.7 Å². The van der Waals surface area contributed by atoms with E-state index in [1.807, 2.05) is 20.8 Å². The number of amides is 2. The molecule has 0 radical (unpaired) electrons. The molecule has 1 aromatic carbocycles. The maximum Gasteiger partial charge on any atom is 0.337 e. The molecule has 1 unspecified atom stereocenters. The Morgan fingerprint density at radius 3 is 2.40 bits per heavy atom. The fraction of sp³-hybridized carbons (Fsp3) is 0.429. The number of benzene rings is 1. The predicted octanol–water partition coefficient (Wildman–Crippen LogP) is 3.55. The van der Waals surface area contributed by atoms with Gasteiger partial charge < -0.3 is 15.3 Å². The molecule has 0 saturated heterocycles. The monoisotopic (exact) mass is 298 g/mol. The highest BCUT2D eigenvalue weighted by atomic mass is 35.5. The van der Waals surface area contributed by atoms with Crippen LogP contribution in [0.15, 0.2) is 18.2 Å². The molecule has 0 aliphatic heterocycles. The number of urea groups is 1. The maximum atomic E-state index is 12.1. The lowest BCUT2D eigenvalue weighted by atomic mass is 10.1. The topological polar surface area (TPSA) is 69.6 Å². The van der Waals surface area contributed by atoms with Crippen LogP contribution in [0.5, 0.6) is 0 Å². The molecular formula is C14H19ClN2O3. The first-order valence-electron chi connectivity index (χ1n) is 6.30. The molecule has 0 heterocycles. The van der Waals surface area contributed by atoms with Crippen LogP contribution in [0.4, 0.5) is 10.5 Å². The van der Waals surface area contributed by atoms with Gasteiger partial charge in [0.25, 0.3) is 0 Å². The summed E-state index contributed by atoms with van der Waals surface area (Å²) in [6, 6.07) is 4.15. The van der Waals surface area contributed by atoms with Gasteiger partial charge in [-0.2, -0.15) is 0 Å². The summed E-state index contributed by atoms with van der Waals surface area (Å²) < 4.78 is 0. The Balaban J connectivity index is 2.86. The van der Waals surface area contributed by atoms with Gasteiger partial charge in [0.05, 0.1) is 10.6 Å². The van der Waals surface area contributed by atoms with Crippen LogP contribution in [0.2, 0.25) is 5.02 Å². The van der Waals surface area contributed by atoms with E-state index >= 15 is 0 Å². The quantitative estimate of drug-likeness (QED) is 0.893. The zero-order valence-corrected chi connectivity index (χ0v) is 12.7. The van der Waals surface area contributed by atoms with Crippen molar-refractivity contribution < 1.29 is 14.7 Å². The van der Waals surface area contributed by atoms with Crippen molar-refractivity contribution in [1.29, 1.82) is 0 Å². The van der Waals surface area contributed by atoms with Crippen molar-refractivity contribution in [1.82, 2.24) is 4.90 Å². The second-order valence-electron chi connectivity index (χ2n) is 5.03. The average molecular weight is 299 g/mol. The van der Waals surface area contributed by atoms with Gasteiger partial charge in [-0.25, -0.2) is 9.59 Å². The molecule has 5 nitrogen and oxygen atoms in total. The number of rotatable bonds is 4. The Labute approximate surface area is 123 Å². The van der Waals surface area contributed by atoms with Gasteiger partial charge in [-0.05, 0) is 31.0 Å². The third-order valence-electron chi connectivity index (χ3n) is 3.34. The predicted molar refractivity (Wildman–Crippen MR) is 79.5 cm³/mol. The lowest BCUT2D eigenvalue weighted by Gasteiger charge is -2.28.